The zero-order chi connectivity index (χ0) is 17.3. The van der Waals surface area contributed by atoms with Crippen LogP contribution in [0.4, 0.5) is 0 Å². The highest BCUT2D eigenvalue weighted by atomic mass is 16.5. The Hall–Kier alpha value is -2.89. The zero-order valence-corrected chi connectivity index (χ0v) is 14.2. The topological polar surface area (TPSA) is 66.2 Å². The predicted molar refractivity (Wildman–Crippen MR) is 90.9 cm³/mol. The summed E-state index contributed by atoms with van der Waals surface area (Å²) >= 11 is 0. The quantitative estimate of drug-likeness (QED) is 0.675. The van der Waals surface area contributed by atoms with E-state index in [0.717, 1.165) is 22.4 Å². The lowest BCUT2D eigenvalue weighted by molar-refractivity contribution is 0.101. The lowest BCUT2D eigenvalue weighted by Gasteiger charge is -2.08. The summed E-state index contributed by atoms with van der Waals surface area (Å²) < 4.78 is 12.4. The highest BCUT2D eigenvalue weighted by Crippen LogP contribution is 2.28. The molecule has 6 nitrogen and oxygen atoms in total. The van der Waals surface area contributed by atoms with Crippen LogP contribution in [-0.2, 0) is 6.54 Å². The molecule has 0 atom stereocenters. The van der Waals surface area contributed by atoms with Crippen molar-refractivity contribution in [2.75, 3.05) is 14.2 Å². The van der Waals surface area contributed by atoms with Crippen molar-refractivity contribution in [1.82, 2.24) is 14.5 Å². The van der Waals surface area contributed by atoms with Gasteiger partial charge in [0.1, 0.15) is 17.1 Å². The molecule has 3 heterocycles. The van der Waals surface area contributed by atoms with Crippen molar-refractivity contribution in [2.45, 2.75) is 20.4 Å². The third-order valence-electron chi connectivity index (χ3n) is 4.07. The molecule has 124 valence electrons. The number of Topliss-reactive ketones (excluding diaryl/α,β-unsaturated/α-hetero) is 1. The summed E-state index contributed by atoms with van der Waals surface area (Å²) in [6.07, 6.45) is 3.34. The van der Waals surface area contributed by atoms with Crippen LogP contribution >= 0.6 is 0 Å². The van der Waals surface area contributed by atoms with E-state index in [9.17, 15) is 4.79 Å². The Labute approximate surface area is 140 Å². The highest BCUT2D eigenvalue weighted by Gasteiger charge is 2.19. The van der Waals surface area contributed by atoms with Crippen LogP contribution in [0, 0.1) is 6.92 Å². The van der Waals surface area contributed by atoms with E-state index in [0.29, 0.717) is 23.6 Å². The maximum atomic E-state index is 12.1. The molecule has 0 aromatic carbocycles. The van der Waals surface area contributed by atoms with E-state index in [1.807, 2.05) is 29.7 Å². The Morgan fingerprint density at radius 1 is 1.12 bits per heavy atom. The van der Waals surface area contributed by atoms with Gasteiger partial charge in [0.2, 0.25) is 0 Å². The van der Waals surface area contributed by atoms with Crippen LogP contribution < -0.4 is 9.47 Å². The third kappa shape index (κ3) is 2.71. The average molecular weight is 325 g/mol. The first-order chi connectivity index (χ1) is 11.5. The van der Waals surface area contributed by atoms with Crippen molar-refractivity contribution in [2.24, 2.45) is 0 Å². The number of rotatable bonds is 5. The van der Waals surface area contributed by atoms with Crippen molar-refractivity contribution in [3.05, 3.63) is 47.5 Å². The van der Waals surface area contributed by atoms with E-state index in [-0.39, 0.29) is 5.78 Å². The SMILES string of the molecule is COc1ccc(Cn2c(C)c(C(C)=O)c3cc(OC)cnc32)nc1. The average Bonchev–Trinajstić information content (AvgIpc) is 2.86. The van der Waals surface area contributed by atoms with E-state index in [1.54, 1.807) is 33.5 Å². The number of nitrogens with zero attached hydrogens (tertiary/aromatic N) is 3. The minimum atomic E-state index is 0.00833. The molecule has 0 aliphatic carbocycles. The Morgan fingerprint density at radius 3 is 2.42 bits per heavy atom. The van der Waals surface area contributed by atoms with Crippen LogP contribution in [0.25, 0.3) is 11.0 Å². The molecule has 3 rings (SSSR count). The molecule has 6 heteroatoms. The number of carbonyl (C=O) groups excluding carboxylic acids is 1. The Balaban J connectivity index is 2.12. The second-order valence-electron chi connectivity index (χ2n) is 5.54. The minimum absolute atomic E-state index is 0.00833. The smallest absolute Gasteiger partial charge is 0.162 e. The molecule has 0 amide bonds. The molecule has 24 heavy (non-hydrogen) atoms. The van der Waals surface area contributed by atoms with Gasteiger partial charge in [-0.15, -0.1) is 0 Å². The number of hydrogen-bond acceptors (Lipinski definition) is 5. The number of ketones is 1. The van der Waals surface area contributed by atoms with Crippen LogP contribution in [0.3, 0.4) is 0 Å². The third-order valence-corrected chi connectivity index (χ3v) is 4.07. The van der Waals surface area contributed by atoms with Gasteiger partial charge in [-0.2, -0.15) is 0 Å². The highest BCUT2D eigenvalue weighted by molar-refractivity contribution is 6.07. The molecule has 0 aliphatic rings. The molecule has 0 saturated carbocycles. The number of ether oxygens (including phenoxy) is 2. The van der Waals surface area contributed by atoms with E-state index in [4.69, 9.17) is 9.47 Å². The van der Waals surface area contributed by atoms with Gasteiger partial charge in [-0.05, 0) is 32.0 Å². The second kappa shape index (κ2) is 6.31. The summed E-state index contributed by atoms with van der Waals surface area (Å²) in [4.78, 5) is 21.0. The van der Waals surface area contributed by atoms with Crippen molar-refractivity contribution in [3.8, 4) is 11.5 Å². The lowest BCUT2D eigenvalue weighted by atomic mass is 10.1. The number of hydrogen-bond donors (Lipinski definition) is 0. The van der Waals surface area contributed by atoms with Gasteiger partial charge in [-0.1, -0.05) is 0 Å². The fourth-order valence-electron chi connectivity index (χ4n) is 2.86. The summed E-state index contributed by atoms with van der Waals surface area (Å²) in [5.74, 6) is 1.35. The summed E-state index contributed by atoms with van der Waals surface area (Å²) in [5, 5.41) is 0.799. The fourth-order valence-corrected chi connectivity index (χ4v) is 2.86. The molecule has 0 saturated heterocycles. The van der Waals surface area contributed by atoms with Crippen molar-refractivity contribution in [3.63, 3.8) is 0 Å². The van der Waals surface area contributed by atoms with Gasteiger partial charge in [-0.3, -0.25) is 9.78 Å². The molecule has 0 spiro atoms. The maximum Gasteiger partial charge on any atom is 0.162 e. The van der Waals surface area contributed by atoms with Crippen LogP contribution in [0.5, 0.6) is 11.5 Å². The number of carbonyl (C=O) groups is 1. The van der Waals surface area contributed by atoms with Crippen molar-refractivity contribution < 1.29 is 14.3 Å². The standard InChI is InChI=1S/C18H19N3O3/c1-11-17(12(2)22)16-7-15(24-4)9-20-18(16)21(11)10-13-5-6-14(23-3)8-19-13/h5-9H,10H2,1-4H3. The van der Waals surface area contributed by atoms with Gasteiger partial charge < -0.3 is 14.0 Å². The van der Waals surface area contributed by atoms with Crippen LogP contribution in [-0.4, -0.2) is 34.5 Å². The first kappa shape index (κ1) is 16.0. The molecule has 0 N–H and O–H groups in total. The first-order valence-corrected chi connectivity index (χ1v) is 7.57. The van der Waals surface area contributed by atoms with E-state index >= 15 is 0 Å². The first-order valence-electron chi connectivity index (χ1n) is 7.57. The molecular formula is C18H19N3O3. The minimum Gasteiger partial charge on any atom is -0.495 e. The Bertz CT molecular complexity index is 898. The summed E-state index contributed by atoms with van der Waals surface area (Å²) in [7, 11) is 3.19. The van der Waals surface area contributed by atoms with Crippen molar-refractivity contribution >= 4 is 16.8 Å². The maximum absolute atomic E-state index is 12.1. The number of pyridine rings is 2. The van der Waals surface area contributed by atoms with Gasteiger partial charge in [0.15, 0.2) is 5.78 Å². The normalized spacial score (nSPS) is 10.8. The molecule has 0 bridgehead atoms. The lowest BCUT2D eigenvalue weighted by Crippen LogP contribution is -2.05. The van der Waals surface area contributed by atoms with Gasteiger partial charge in [-0.25, -0.2) is 4.98 Å². The van der Waals surface area contributed by atoms with Gasteiger partial charge in [0, 0.05) is 16.6 Å². The molecule has 3 aromatic rings. The van der Waals surface area contributed by atoms with E-state index in [1.165, 1.54) is 0 Å². The number of methoxy groups -OCH3 is 2. The largest absolute Gasteiger partial charge is 0.495 e. The molecular weight excluding hydrogens is 306 g/mol. The van der Waals surface area contributed by atoms with Crippen LogP contribution in [0.1, 0.15) is 28.7 Å². The van der Waals surface area contributed by atoms with Crippen LogP contribution in [0.15, 0.2) is 30.6 Å². The Kier molecular flexibility index (Phi) is 4.20. The molecule has 0 aliphatic heterocycles. The fraction of sp³-hybridized carbons (Fsp3) is 0.278. The molecule has 0 fully saturated rings. The van der Waals surface area contributed by atoms with Gasteiger partial charge >= 0.3 is 0 Å². The molecule has 3 aromatic heterocycles. The molecule has 0 unspecified atom stereocenters. The van der Waals surface area contributed by atoms with Gasteiger partial charge in [0.25, 0.3) is 0 Å². The monoisotopic (exact) mass is 325 g/mol. The van der Waals surface area contributed by atoms with Crippen molar-refractivity contribution in [1.29, 1.82) is 0 Å². The van der Waals surface area contributed by atoms with E-state index in [2.05, 4.69) is 9.97 Å². The second-order valence-corrected chi connectivity index (χ2v) is 5.54. The summed E-state index contributed by atoms with van der Waals surface area (Å²) in [6.45, 7) is 4.02. The van der Waals surface area contributed by atoms with Gasteiger partial charge in [0.05, 0.1) is 38.9 Å². The summed E-state index contributed by atoms with van der Waals surface area (Å²) in [5.41, 5.74) is 3.15. The predicted octanol–water partition coefficient (Wildman–Crippen LogP) is 3.01. The van der Waals surface area contributed by atoms with Crippen LogP contribution in [0.2, 0.25) is 0 Å². The molecule has 0 radical (unpaired) electrons. The van der Waals surface area contributed by atoms with E-state index < -0.39 is 0 Å². The number of aromatic nitrogens is 3. The Morgan fingerprint density at radius 2 is 1.83 bits per heavy atom. The summed E-state index contributed by atoms with van der Waals surface area (Å²) in [6, 6.07) is 5.62. The zero-order valence-electron chi connectivity index (χ0n) is 14.2. The number of fused-ring (bicyclic) bond motifs is 1.